The zero-order chi connectivity index (χ0) is 50.7. The van der Waals surface area contributed by atoms with Gasteiger partial charge in [0.2, 0.25) is 0 Å². The third-order valence-electron chi connectivity index (χ3n) is 14.9. The van der Waals surface area contributed by atoms with Gasteiger partial charge >= 0.3 is 0 Å². The second-order valence-corrected chi connectivity index (χ2v) is 22.1. The van der Waals surface area contributed by atoms with Gasteiger partial charge in [-0.15, -0.1) is 22.7 Å². The van der Waals surface area contributed by atoms with E-state index in [9.17, 15) is 0 Å². The van der Waals surface area contributed by atoms with Crippen molar-refractivity contribution in [2.24, 2.45) is 0 Å². The molecule has 0 N–H and O–H groups in total. The largest absolute Gasteiger partial charge is 0.334 e. The van der Waals surface area contributed by atoms with Crippen LogP contribution in [0.25, 0.3) is 59.1 Å². The number of anilines is 4. The van der Waals surface area contributed by atoms with Crippen molar-refractivity contribution >= 4 is 93.4 Å². The average Bonchev–Trinajstić information content (AvgIpc) is 4.03. The van der Waals surface area contributed by atoms with Crippen molar-refractivity contribution in [3.05, 3.63) is 280 Å². The summed E-state index contributed by atoms with van der Waals surface area (Å²) in [5, 5.41) is 5.24. The van der Waals surface area contributed by atoms with Crippen LogP contribution in [0.4, 0.5) is 22.7 Å². The van der Waals surface area contributed by atoms with Gasteiger partial charge in [0.05, 0.1) is 6.04 Å². The summed E-state index contributed by atoms with van der Waals surface area (Å²) >= 11 is 3.73. The Hall–Kier alpha value is -8.02. The highest BCUT2D eigenvalue weighted by molar-refractivity contribution is 7.25. The number of fused-ring (bicyclic) bond motifs is 4. The molecule has 0 saturated heterocycles. The van der Waals surface area contributed by atoms with Crippen molar-refractivity contribution in [3.63, 3.8) is 0 Å². The smallest absolute Gasteiger partial charge is 0.0560 e. The van der Waals surface area contributed by atoms with E-state index >= 15 is 0 Å². The van der Waals surface area contributed by atoms with Crippen molar-refractivity contribution in [1.29, 1.82) is 0 Å². The molecule has 12 rings (SSSR count). The fraction of sp³-hybridized carbons (Fsp3) is 0.127. The standard InChI is InChI=1S/C71H60N2S2/c1-4-68-65(46-49(2)3)67-48-62(42-45-71(67)74-68)73(58-20-12-7-13-21-58)61-40-33-54(34-41-61)53-31-38-60(39-32-53)72(57-18-10-6-11-19-57)59-36-29-52(30-37-59)51-27-24-50(25-28-51)26-43-63(55-16-8-5-9-17-55)56-35-44-70-66(47-56)64-22-14-15-23-69(64)75-70/h4-6,8-12,14-25,27-38,40-42,44-48,60,63H,2,7,13,26,39,43H2,1,3H3. The number of hydrogen-bond acceptors (Lipinski definition) is 4. The summed E-state index contributed by atoms with van der Waals surface area (Å²) in [5.41, 5.74) is 16.0. The summed E-state index contributed by atoms with van der Waals surface area (Å²) in [4.78, 5) is 4.89. The molecule has 8 aromatic carbocycles. The summed E-state index contributed by atoms with van der Waals surface area (Å²) in [7, 11) is 0. The number of allylic oxidation sites excluding steroid dienone is 6. The van der Waals surface area contributed by atoms with E-state index in [-0.39, 0.29) is 6.04 Å². The van der Waals surface area contributed by atoms with Gasteiger partial charge in [-0.3, -0.25) is 0 Å². The molecule has 2 nitrogen and oxygen atoms in total. The van der Waals surface area contributed by atoms with Gasteiger partial charge in [0.1, 0.15) is 0 Å². The summed E-state index contributed by atoms with van der Waals surface area (Å²) in [5.74, 6) is 0.313. The maximum absolute atomic E-state index is 4.21. The monoisotopic (exact) mass is 1000 g/mol. The molecule has 4 heteroatoms. The lowest BCUT2D eigenvalue weighted by Crippen LogP contribution is -2.30. The molecule has 0 saturated carbocycles. The number of nitrogens with zero attached hydrogens (tertiary/aromatic N) is 2. The number of aryl methyl sites for hydroxylation is 1. The van der Waals surface area contributed by atoms with E-state index in [1.807, 2.05) is 22.7 Å². The van der Waals surface area contributed by atoms with Gasteiger partial charge in [0.25, 0.3) is 0 Å². The second kappa shape index (κ2) is 21.4. The molecule has 0 spiro atoms. The lowest BCUT2D eigenvalue weighted by atomic mass is 9.85. The van der Waals surface area contributed by atoms with Crippen LogP contribution in [0.3, 0.4) is 0 Å². The summed E-state index contributed by atoms with van der Waals surface area (Å²) < 4.78 is 5.28. The summed E-state index contributed by atoms with van der Waals surface area (Å²) in [6.07, 6.45) is 23.5. The molecule has 10 aromatic rings. The Bertz CT molecular complexity index is 3940. The van der Waals surface area contributed by atoms with E-state index in [1.54, 1.807) is 0 Å². The zero-order valence-electron chi connectivity index (χ0n) is 42.7. The quantitative estimate of drug-likeness (QED) is 0.107. The molecule has 0 radical (unpaired) electrons. The minimum atomic E-state index is 0.164. The molecule has 2 aromatic heterocycles. The minimum Gasteiger partial charge on any atom is -0.334 e. The van der Waals surface area contributed by atoms with Crippen molar-refractivity contribution in [3.8, 4) is 11.1 Å². The number of hydrogen-bond donors (Lipinski definition) is 0. The number of para-hydroxylation sites is 1. The van der Waals surface area contributed by atoms with Crippen molar-refractivity contribution in [2.75, 3.05) is 9.80 Å². The van der Waals surface area contributed by atoms with Gasteiger partial charge in [-0.25, -0.2) is 0 Å². The maximum atomic E-state index is 4.21. The van der Waals surface area contributed by atoms with Crippen LogP contribution >= 0.6 is 22.7 Å². The normalized spacial score (nSPS) is 15.4. The second-order valence-electron chi connectivity index (χ2n) is 20.0. The van der Waals surface area contributed by atoms with E-state index < -0.39 is 0 Å². The molecule has 2 aliphatic rings. The average molecular weight is 1010 g/mol. The first kappa shape index (κ1) is 48.0. The van der Waals surface area contributed by atoms with Gasteiger partial charge in [0.15, 0.2) is 0 Å². The molecule has 0 fully saturated rings. The van der Waals surface area contributed by atoms with Gasteiger partial charge in [-0.2, -0.15) is 0 Å². The molecule has 0 amide bonds. The van der Waals surface area contributed by atoms with Crippen LogP contribution in [-0.2, 0) is 6.42 Å². The lowest BCUT2D eigenvalue weighted by Gasteiger charge is -2.33. The molecule has 366 valence electrons. The maximum Gasteiger partial charge on any atom is 0.0560 e. The highest BCUT2D eigenvalue weighted by Gasteiger charge is 2.22. The summed E-state index contributed by atoms with van der Waals surface area (Å²) in [6, 6.07) is 72.5. The van der Waals surface area contributed by atoms with Crippen LogP contribution in [0, 0.1) is 0 Å². The van der Waals surface area contributed by atoms with E-state index in [4.69, 9.17) is 0 Å². The first-order valence-corrected chi connectivity index (χ1v) is 28.1. The SMILES string of the molecule is C=C(C)C=c1c(=CC)sc2ccc(N(C3=CCCC=C3)c3ccc(C4=CCC(N(c5ccccc5)c5ccc(-c6ccc(CCC(c7ccccc7)c7ccc8sc9ccccc9c8c7)cc6)cc5)C=C4)cc3)cc12. The lowest BCUT2D eigenvalue weighted by molar-refractivity contribution is 0.716. The van der Waals surface area contributed by atoms with E-state index in [0.717, 1.165) is 49.1 Å². The highest BCUT2D eigenvalue weighted by atomic mass is 32.1. The third kappa shape index (κ3) is 10.0. The van der Waals surface area contributed by atoms with E-state index in [1.165, 1.54) is 96.0 Å². The van der Waals surface area contributed by atoms with Crippen molar-refractivity contribution in [1.82, 2.24) is 0 Å². The van der Waals surface area contributed by atoms with Crippen LogP contribution in [0.2, 0.25) is 0 Å². The first-order valence-electron chi connectivity index (χ1n) is 26.5. The van der Waals surface area contributed by atoms with E-state index in [0.29, 0.717) is 5.92 Å². The molecule has 2 unspecified atom stereocenters. The summed E-state index contributed by atoms with van der Waals surface area (Å²) in [6.45, 7) is 8.41. The Morgan fingerprint density at radius 1 is 0.587 bits per heavy atom. The Labute approximate surface area is 449 Å². The van der Waals surface area contributed by atoms with Gasteiger partial charge in [-0.05, 0) is 164 Å². The van der Waals surface area contributed by atoms with Crippen LogP contribution in [0.1, 0.15) is 67.7 Å². The van der Waals surface area contributed by atoms with Crippen molar-refractivity contribution in [2.45, 2.75) is 57.9 Å². The fourth-order valence-corrected chi connectivity index (χ4v) is 13.3. The Morgan fingerprint density at radius 2 is 1.24 bits per heavy atom. The van der Waals surface area contributed by atoms with Gasteiger partial charge in [-0.1, -0.05) is 176 Å². The highest BCUT2D eigenvalue weighted by Crippen LogP contribution is 2.40. The molecule has 2 aliphatic carbocycles. The van der Waals surface area contributed by atoms with Crippen LogP contribution in [-0.4, -0.2) is 6.04 Å². The molecular weight excluding hydrogens is 945 g/mol. The van der Waals surface area contributed by atoms with Gasteiger partial charge < -0.3 is 9.80 Å². The Balaban J connectivity index is 0.752. The topological polar surface area (TPSA) is 6.48 Å². The predicted octanol–water partition coefficient (Wildman–Crippen LogP) is 18.8. The molecule has 0 aliphatic heterocycles. The first-order chi connectivity index (χ1) is 36.9. The van der Waals surface area contributed by atoms with E-state index in [2.05, 4.69) is 273 Å². The number of rotatable bonds is 14. The third-order valence-corrected chi connectivity index (χ3v) is 17.3. The molecule has 2 heterocycles. The zero-order valence-corrected chi connectivity index (χ0v) is 44.3. The van der Waals surface area contributed by atoms with Gasteiger partial charge in [0, 0.05) is 74.4 Å². The fourth-order valence-electron chi connectivity index (χ4n) is 11.2. The van der Waals surface area contributed by atoms with Crippen LogP contribution < -0.4 is 19.6 Å². The Kier molecular flexibility index (Phi) is 13.7. The molecule has 2 atom stereocenters. The molecular formula is C71H60N2S2. The van der Waals surface area contributed by atoms with Crippen LogP contribution in [0.5, 0.6) is 0 Å². The Morgan fingerprint density at radius 3 is 1.96 bits per heavy atom. The number of thiophene rings is 2. The predicted molar refractivity (Wildman–Crippen MR) is 327 cm³/mol. The molecule has 75 heavy (non-hydrogen) atoms. The van der Waals surface area contributed by atoms with Crippen molar-refractivity contribution < 1.29 is 0 Å². The minimum absolute atomic E-state index is 0.164. The number of benzene rings is 8. The molecule has 0 bridgehead atoms. The van der Waals surface area contributed by atoms with Crippen LogP contribution in [0.15, 0.2) is 248 Å².